The predicted octanol–water partition coefficient (Wildman–Crippen LogP) is 5.60. The largest absolute Gasteiger partial charge is 0.493 e. The SMILES string of the molecule is CC(C)OC(=O)CCc1ccccc1OCCC(F)(F)/C=C/c1cccc([N+](=O)[O-])c1. The summed E-state index contributed by atoms with van der Waals surface area (Å²) < 4.78 is 39.0. The Morgan fingerprint density at radius 1 is 1.19 bits per heavy atom. The second kappa shape index (κ2) is 11.2. The summed E-state index contributed by atoms with van der Waals surface area (Å²) in [6, 6.07) is 12.4. The average Bonchev–Trinajstić information content (AvgIpc) is 2.71. The fourth-order valence-corrected chi connectivity index (χ4v) is 2.75. The van der Waals surface area contributed by atoms with E-state index in [0.29, 0.717) is 23.8 Å². The first-order valence-corrected chi connectivity index (χ1v) is 9.88. The van der Waals surface area contributed by atoms with Crippen LogP contribution < -0.4 is 4.74 Å². The van der Waals surface area contributed by atoms with Crippen LogP contribution in [0.2, 0.25) is 0 Å². The standard InChI is InChI=1S/C23H25F2NO5/c1-17(2)31-22(27)11-10-19-7-3-4-9-21(19)30-15-14-23(24,25)13-12-18-6-5-8-20(16-18)26(28)29/h3-9,12-13,16-17H,10-11,14-15H2,1-2H3/b13-12+. The number of para-hydroxylation sites is 1. The van der Waals surface area contributed by atoms with Gasteiger partial charge in [-0.1, -0.05) is 36.4 Å². The highest BCUT2D eigenvalue weighted by Crippen LogP contribution is 2.25. The zero-order chi connectivity index (χ0) is 22.9. The van der Waals surface area contributed by atoms with Gasteiger partial charge in [-0.25, -0.2) is 8.78 Å². The van der Waals surface area contributed by atoms with Crippen molar-refractivity contribution in [2.75, 3.05) is 6.61 Å². The molecule has 0 N–H and O–H groups in total. The molecule has 2 rings (SSSR count). The Hall–Kier alpha value is -3.29. The number of carbonyl (C=O) groups is 1. The van der Waals surface area contributed by atoms with Crippen molar-refractivity contribution in [2.24, 2.45) is 0 Å². The molecule has 0 saturated heterocycles. The third kappa shape index (κ3) is 8.54. The number of ether oxygens (including phenoxy) is 2. The second-order valence-corrected chi connectivity index (χ2v) is 7.19. The Labute approximate surface area is 179 Å². The summed E-state index contributed by atoms with van der Waals surface area (Å²) in [6.07, 6.45) is 1.65. The third-order valence-corrected chi connectivity index (χ3v) is 4.23. The first kappa shape index (κ1) is 24.0. The molecular formula is C23H25F2NO5. The van der Waals surface area contributed by atoms with Crippen LogP contribution in [0.3, 0.4) is 0 Å². The number of esters is 1. The van der Waals surface area contributed by atoms with Crippen molar-refractivity contribution in [1.29, 1.82) is 0 Å². The van der Waals surface area contributed by atoms with E-state index >= 15 is 0 Å². The molecule has 166 valence electrons. The maximum absolute atomic E-state index is 14.2. The van der Waals surface area contributed by atoms with Crippen molar-refractivity contribution >= 4 is 17.7 Å². The molecule has 0 unspecified atom stereocenters. The van der Waals surface area contributed by atoms with Crippen LogP contribution in [0.5, 0.6) is 5.75 Å². The Bertz CT molecular complexity index is 928. The maximum Gasteiger partial charge on any atom is 0.306 e. The van der Waals surface area contributed by atoms with E-state index in [9.17, 15) is 23.7 Å². The van der Waals surface area contributed by atoms with Gasteiger partial charge in [-0.15, -0.1) is 0 Å². The number of halogens is 2. The quantitative estimate of drug-likeness (QED) is 0.262. The van der Waals surface area contributed by atoms with Gasteiger partial charge in [-0.2, -0.15) is 0 Å². The molecule has 0 aromatic heterocycles. The fraction of sp³-hybridized carbons (Fsp3) is 0.348. The minimum atomic E-state index is -3.15. The van der Waals surface area contributed by atoms with E-state index in [0.717, 1.165) is 11.6 Å². The molecule has 0 fully saturated rings. The van der Waals surface area contributed by atoms with Gasteiger partial charge in [0.25, 0.3) is 11.6 Å². The molecule has 0 saturated carbocycles. The highest BCUT2D eigenvalue weighted by atomic mass is 19.3. The van der Waals surface area contributed by atoms with Crippen molar-refractivity contribution in [3.63, 3.8) is 0 Å². The average molecular weight is 433 g/mol. The van der Waals surface area contributed by atoms with Crippen molar-refractivity contribution in [3.05, 3.63) is 75.8 Å². The number of rotatable bonds is 11. The van der Waals surface area contributed by atoms with Crippen LogP contribution in [-0.2, 0) is 16.0 Å². The Balaban J connectivity index is 1.91. The minimum Gasteiger partial charge on any atom is -0.493 e. The van der Waals surface area contributed by atoms with Crippen LogP contribution in [-0.4, -0.2) is 29.5 Å². The summed E-state index contributed by atoms with van der Waals surface area (Å²) in [5, 5.41) is 10.8. The number of nitro groups is 1. The normalized spacial score (nSPS) is 11.6. The summed E-state index contributed by atoms with van der Waals surface area (Å²) in [5.41, 5.74) is 0.884. The number of nitro benzene ring substituents is 1. The van der Waals surface area contributed by atoms with Gasteiger partial charge >= 0.3 is 5.97 Å². The van der Waals surface area contributed by atoms with Crippen LogP contribution in [0, 0.1) is 10.1 Å². The highest BCUT2D eigenvalue weighted by molar-refractivity contribution is 5.70. The Kier molecular flexibility index (Phi) is 8.66. The third-order valence-electron chi connectivity index (χ3n) is 4.23. The zero-order valence-electron chi connectivity index (χ0n) is 17.4. The number of hydrogen-bond acceptors (Lipinski definition) is 5. The molecule has 0 atom stereocenters. The lowest BCUT2D eigenvalue weighted by Gasteiger charge is -2.15. The zero-order valence-corrected chi connectivity index (χ0v) is 17.4. The lowest BCUT2D eigenvalue weighted by atomic mass is 10.1. The number of alkyl halides is 2. The van der Waals surface area contributed by atoms with Crippen molar-refractivity contribution in [1.82, 2.24) is 0 Å². The molecule has 0 aliphatic heterocycles. The fourth-order valence-electron chi connectivity index (χ4n) is 2.75. The summed E-state index contributed by atoms with van der Waals surface area (Å²) >= 11 is 0. The van der Waals surface area contributed by atoms with Gasteiger partial charge in [0, 0.05) is 25.0 Å². The van der Waals surface area contributed by atoms with Crippen LogP contribution in [0.15, 0.2) is 54.6 Å². The number of allylic oxidation sites excluding steroid dienone is 1. The van der Waals surface area contributed by atoms with Gasteiger partial charge < -0.3 is 9.47 Å². The predicted molar refractivity (Wildman–Crippen MR) is 113 cm³/mol. The van der Waals surface area contributed by atoms with Crippen molar-refractivity contribution < 1.29 is 28.0 Å². The summed E-state index contributed by atoms with van der Waals surface area (Å²) in [7, 11) is 0. The van der Waals surface area contributed by atoms with Crippen molar-refractivity contribution in [3.8, 4) is 5.75 Å². The molecule has 2 aromatic rings. The molecule has 0 spiro atoms. The van der Waals surface area contributed by atoms with E-state index in [2.05, 4.69) is 0 Å². The molecule has 31 heavy (non-hydrogen) atoms. The van der Waals surface area contributed by atoms with Crippen LogP contribution in [0.1, 0.15) is 37.8 Å². The summed E-state index contributed by atoms with van der Waals surface area (Å²) in [6.45, 7) is 3.30. The van der Waals surface area contributed by atoms with Gasteiger partial charge in [-0.3, -0.25) is 14.9 Å². The molecule has 6 nitrogen and oxygen atoms in total. The Morgan fingerprint density at radius 2 is 1.94 bits per heavy atom. The maximum atomic E-state index is 14.2. The first-order chi connectivity index (χ1) is 14.7. The van der Waals surface area contributed by atoms with E-state index in [1.54, 1.807) is 38.1 Å². The Morgan fingerprint density at radius 3 is 2.65 bits per heavy atom. The van der Waals surface area contributed by atoms with E-state index in [1.807, 2.05) is 0 Å². The van der Waals surface area contributed by atoms with E-state index in [4.69, 9.17) is 9.47 Å². The van der Waals surface area contributed by atoms with E-state index in [-0.39, 0.29) is 30.8 Å². The van der Waals surface area contributed by atoms with Gasteiger partial charge in [0.15, 0.2) is 0 Å². The minimum absolute atomic E-state index is 0.164. The smallest absolute Gasteiger partial charge is 0.306 e. The van der Waals surface area contributed by atoms with E-state index < -0.39 is 17.3 Å². The van der Waals surface area contributed by atoms with Crippen LogP contribution in [0.25, 0.3) is 6.08 Å². The van der Waals surface area contributed by atoms with Crippen molar-refractivity contribution in [2.45, 2.75) is 45.1 Å². The number of benzene rings is 2. The summed E-state index contributed by atoms with van der Waals surface area (Å²) in [4.78, 5) is 21.9. The number of nitrogens with zero attached hydrogens (tertiary/aromatic N) is 1. The number of aryl methyl sites for hydroxylation is 1. The lowest BCUT2D eigenvalue weighted by molar-refractivity contribution is -0.384. The van der Waals surface area contributed by atoms with Gasteiger partial charge in [0.05, 0.1) is 17.6 Å². The molecule has 0 aliphatic carbocycles. The molecule has 0 amide bonds. The number of carbonyl (C=O) groups excluding carboxylic acids is 1. The monoisotopic (exact) mass is 433 g/mol. The van der Waals surface area contributed by atoms with Gasteiger partial charge in [0.1, 0.15) is 5.75 Å². The van der Waals surface area contributed by atoms with Gasteiger partial charge in [0.2, 0.25) is 0 Å². The number of non-ortho nitro benzene ring substituents is 1. The lowest BCUT2D eigenvalue weighted by Crippen LogP contribution is -2.17. The molecule has 2 aromatic carbocycles. The number of hydrogen-bond donors (Lipinski definition) is 0. The first-order valence-electron chi connectivity index (χ1n) is 9.88. The molecule has 0 bridgehead atoms. The molecule has 8 heteroatoms. The molecule has 0 heterocycles. The molecule has 0 radical (unpaired) electrons. The molecule has 0 aliphatic rings. The van der Waals surface area contributed by atoms with Gasteiger partial charge in [-0.05, 0) is 43.5 Å². The summed E-state index contributed by atoms with van der Waals surface area (Å²) in [5.74, 6) is -3.04. The van der Waals surface area contributed by atoms with E-state index in [1.165, 1.54) is 24.3 Å². The molecular weight excluding hydrogens is 408 g/mol. The van der Waals surface area contributed by atoms with Crippen LogP contribution >= 0.6 is 0 Å². The van der Waals surface area contributed by atoms with Crippen LogP contribution in [0.4, 0.5) is 14.5 Å². The highest BCUT2D eigenvalue weighted by Gasteiger charge is 2.25. The second-order valence-electron chi connectivity index (χ2n) is 7.19. The topological polar surface area (TPSA) is 78.7 Å².